The van der Waals surface area contributed by atoms with Gasteiger partial charge in [-0.05, 0) is 85.0 Å². The van der Waals surface area contributed by atoms with Gasteiger partial charge in [0, 0.05) is 54.0 Å². The molecule has 5 rings (SSSR count). The van der Waals surface area contributed by atoms with Crippen molar-refractivity contribution in [3.63, 3.8) is 0 Å². The fourth-order valence-electron chi connectivity index (χ4n) is 5.16. The lowest BCUT2D eigenvalue weighted by molar-refractivity contribution is -0.137. The van der Waals surface area contributed by atoms with E-state index in [0.29, 0.717) is 29.1 Å². The summed E-state index contributed by atoms with van der Waals surface area (Å²) < 4.78 is 41.1. The van der Waals surface area contributed by atoms with Crippen LogP contribution in [0.4, 0.5) is 30.2 Å². The molecule has 0 spiro atoms. The number of piperidine rings is 1. The molecule has 2 amide bonds. The Kier molecular flexibility index (Phi) is 8.06. The predicted molar refractivity (Wildman–Crippen MR) is 156 cm³/mol. The van der Waals surface area contributed by atoms with Gasteiger partial charge in [-0.3, -0.25) is 9.59 Å². The van der Waals surface area contributed by atoms with Gasteiger partial charge in [-0.1, -0.05) is 26.0 Å². The first kappa shape index (κ1) is 28.3. The molecule has 2 N–H and O–H groups in total. The lowest BCUT2D eigenvalue weighted by Crippen LogP contribution is -2.32. The highest BCUT2D eigenvalue weighted by Crippen LogP contribution is 2.31. The van der Waals surface area contributed by atoms with E-state index in [1.807, 2.05) is 24.3 Å². The number of alkyl halides is 3. The molecule has 0 saturated carbocycles. The first-order chi connectivity index (χ1) is 19.6. The van der Waals surface area contributed by atoms with E-state index in [2.05, 4.69) is 22.5 Å². The van der Waals surface area contributed by atoms with E-state index >= 15 is 0 Å². The van der Waals surface area contributed by atoms with Gasteiger partial charge < -0.3 is 20.1 Å². The second-order valence-electron chi connectivity index (χ2n) is 10.7. The molecule has 2 heterocycles. The maximum Gasteiger partial charge on any atom is 0.416 e. The minimum atomic E-state index is -4.43. The molecular formula is C32H33F3N4O2. The Bertz CT molecular complexity index is 1530. The second-order valence-corrected chi connectivity index (χ2v) is 10.7. The Hall–Kier alpha value is -4.27. The number of benzene rings is 3. The van der Waals surface area contributed by atoms with Crippen molar-refractivity contribution < 1.29 is 22.8 Å². The molecule has 6 nitrogen and oxygen atoms in total. The minimum Gasteiger partial charge on any atom is -0.372 e. The van der Waals surface area contributed by atoms with Crippen LogP contribution in [0.5, 0.6) is 0 Å². The van der Waals surface area contributed by atoms with Crippen LogP contribution in [0, 0.1) is 5.92 Å². The third-order valence-electron chi connectivity index (χ3n) is 7.63. The molecule has 9 heteroatoms. The highest BCUT2D eigenvalue weighted by Gasteiger charge is 2.30. The number of carbonyl (C=O) groups is 2. The van der Waals surface area contributed by atoms with Crippen LogP contribution in [0.1, 0.15) is 54.7 Å². The molecule has 4 aromatic rings. The highest BCUT2D eigenvalue weighted by molar-refractivity contribution is 6.07. The van der Waals surface area contributed by atoms with Crippen molar-refractivity contribution in [1.82, 2.24) is 4.57 Å². The van der Waals surface area contributed by atoms with E-state index in [9.17, 15) is 22.8 Å². The number of aromatic nitrogens is 1. The molecule has 0 bridgehead atoms. The van der Waals surface area contributed by atoms with Gasteiger partial charge in [0.2, 0.25) is 5.91 Å². The average Bonchev–Trinajstić information content (AvgIpc) is 3.31. The summed E-state index contributed by atoms with van der Waals surface area (Å²) in [5.41, 5.74) is 3.33. The van der Waals surface area contributed by atoms with Crippen molar-refractivity contribution in [2.75, 3.05) is 28.6 Å². The van der Waals surface area contributed by atoms with E-state index in [1.165, 1.54) is 12.1 Å². The monoisotopic (exact) mass is 562 g/mol. The number of halogens is 3. The third kappa shape index (κ3) is 6.56. The molecule has 1 saturated heterocycles. The zero-order chi connectivity index (χ0) is 29.1. The molecule has 1 aliphatic heterocycles. The molecule has 0 atom stereocenters. The molecule has 1 aromatic heterocycles. The van der Waals surface area contributed by atoms with Gasteiger partial charge in [0.05, 0.1) is 5.56 Å². The Morgan fingerprint density at radius 3 is 2.17 bits per heavy atom. The minimum absolute atomic E-state index is 0.131. The summed E-state index contributed by atoms with van der Waals surface area (Å²) in [5, 5.41) is 6.53. The summed E-state index contributed by atoms with van der Waals surface area (Å²) >= 11 is 0. The van der Waals surface area contributed by atoms with Crippen molar-refractivity contribution in [3.8, 4) is 0 Å². The van der Waals surface area contributed by atoms with Crippen molar-refractivity contribution in [2.24, 2.45) is 5.92 Å². The van der Waals surface area contributed by atoms with Crippen molar-refractivity contribution in [3.05, 3.63) is 89.6 Å². The van der Waals surface area contributed by atoms with Crippen LogP contribution in [-0.2, 0) is 17.5 Å². The van der Waals surface area contributed by atoms with E-state index in [4.69, 9.17) is 0 Å². The summed E-state index contributed by atoms with van der Waals surface area (Å²) in [6.45, 7) is 6.25. The third-order valence-corrected chi connectivity index (χ3v) is 7.63. The number of anilines is 3. The van der Waals surface area contributed by atoms with Gasteiger partial charge >= 0.3 is 6.18 Å². The number of nitrogens with one attached hydrogen (secondary N) is 2. The number of hydrogen-bond acceptors (Lipinski definition) is 3. The van der Waals surface area contributed by atoms with E-state index in [0.717, 1.165) is 60.6 Å². The number of hydrogen-bond donors (Lipinski definition) is 2. The number of fused-ring (bicyclic) bond motifs is 1. The number of nitrogens with zero attached hydrogens (tertiary/aromatic N) is 2. The van der Waals surface area contributed by atoms with Crippen molar-refractivity contribution >= 4 is 39.8 Å². The molecule has 1 aliphatic rings. The molecule has 0 unspecified atom stereocenters. The average molecular weight is 563 g/mol. The van der Waals surface area contributed by atoms with Crippen LogP contribution in [0.25, 0.3) is 10.9 Å². The fourth-order valence-corrected chi connectivity index (χ4v) is 5.16. The van der Waals surface area contributed by atoms with Crippen molar-refractivity contribution in [1.29, 1.82) is 0 Å². The normalized spacial score (nSPS) is 14.3. The zero-order valence-electron chi connectivity index (χ0n) is 23.1. The van der Waals surface area contributed by atoms with Gasteiger partial charge in [-0.25, -0.2) is 0 Å². The van der Waals surface area contributed by atoms with Crippen LogP contribution < -0.4 is 15.5 Å². The summed E-state index contributed by atoms with van der Waals surface area (Å²) in [6, 6.07) is 19.8. The molecule has 41 heavy (non-hydrogen) atoms. The molecule has 214 valence electrons. The first-order valence-corrected chi connectivity index (χ1v) is 13.9. The van der Waals surface area contributed by atoms with Crippen LogP contribution in [-0.4, -0.2) is 29.5 Å². The lowest BCUT2D eigenvalue weighted by atomic mass is 9.99. The zero-order valence-corrected chi connectivity index (χ0v) is 23.1. The molecule has 1 fully saturated rings. The van der Waals surface area contributed by atoms with Crippen LogP contribution in [0.2, 0.25) is 0 Å². The SMILES string of the molecule is CCC(=O)Nc1ccc2c(c1)cc(C(=O)Nc1ccc(N3CCC(C)CC3)cc1)n2Cc1ccc(C(F)(F)F)cc1. The van der Waals surface area contributed by atoms with E-state index in [-0.39, 0.29) is 18.4 Å². The summed E-state index contributed by atoms with van der Waals surface area (Å²) in [4.78, 5) is 27.8. The Morgan fingerprint density at radius 2 is 1.54 bits per heavy atom. The Balaban J connectivity index is 1.42. The molecule has 0 radical (unpaired) electrons. The molecule has 0 aliphatic carbocycles. The number of carbonyl (C=O) groups excluding carboxylic acids is 2. The fraction of sp³-hybridized carbons (Fsp3) is 0.312. The quantitative estimate of drug-likeness (QED) is 0.245. The predicted octanol–water partition coefficient (Wildman–Crippen LogP) is 7.55. The standard InChI is InChI=1S/C32H33F3N4O2/c1-3-30(40)36-26-10-13-28-23(18-26)19-29(39(28)20-22-4-6-24(7-5-22)32(33,34)35)31(41)37-25-8-11-27(12-9-25)38-16-14-21(2)15-17-38/h4-13,18-19,21H,3,14-17,20H2,1-2H3,(H,36,40)(H,37,41). The smallest absolute Gasteiger partial charge is 0.372 e. The van der Waals surface area contributed by atoms with E-state index < -0.39 is 11.7 Å². The topological polar surface area (TPSA) is 66.4 Å². The van der Waals surface area contributed by atoms with Gasteiger partial charge in [-0.2, -0.15) is 13.2 Å². The molecular weight excluding hydrogens is 529 g/mol. The second kappa shape index (κ2) is 11.7. The van der Waals surface area contributed by atoms with Crippen LogP contribution >= 0.6 is 0 Å². The van der Waals surface area contributed by atoms with Crippen LogP contribution in [0.3, 0.4) is 0 Å². The number of amides is 2. The van der Waals surface area contributed by atoms with Gasteiger partial charge in [0.1, 0.15) is 5.69 Å². The van der Waals surface area contributed by atoms with Crippen molar-refractivity contribution in [2.45, 2.75) is 45.8 Å². The summed E-state index contributed by atoms with van der Waals surface area (Å²) in [7, 11) is 0. The van der Waals surface area contributed by atoms with Crippen LogP contribution in [0.15, 0.2) is 72.8 Å². The first-order valence-electron chi connectivity index (χ1n) is 13.9. The van der Waals surface area contributed by atoms with Gasteiger partial charge in [-0.15, -0.1) is 0 Å². The maximum absolute atomic E-state index is 13.6. The maximum atomic E-state index is 13.6. The van der Waals surface area contributed by atoms with Gasteiger partial charge in [0.15, 0.2) is 0 Å². The van der Waals surface area contributed by atoms with Gasteiger partial charge in [0.25, 0.3) is 5.91 Å². The number of rotatable bonds is 7. The molecule has 3 aromatic carbocycles. The highest BCUT2D eigenvalue weighted by atomic mass is 19.4. The summed E-state index contributed by atoms with van der Waals surface area (Å²) in [5.74, 6) is 0.263. The lowest BCUT2D eigenvalue weighted by Gasteiger charge is -2.32. The Labute approximate surface area is 237 Å². The summed E-state index contributed by atoms with van der Waals surface area (Å²) in [6.07, 6.45) is -1.78. The largest absolute Gasteiger partial charge is 0.416 e. The Morgan fingerprint density at radius 1 is 0.878 bits per heavy atom. The van der Waals surface area contributed by atoms with E-state index in [1.54, 1.807) is 35.8 Å².